The van der Waals surface area contributed by atoms with Gasteiger partial charge in [0, 0.05) is 11.6 Å². The van der Waals surface area contributed by atoms with Crippen LogP contribution in [0, 0.1) is 11.6 Å². The summed E-state index contributed by atoms with van der Waals surface area (Å²) in [4.78, 5) is 0. The van der Waals surface area contributed by atoms with Crippen LogP contribution in [0.5, 0.6) is 0 Å². The largest absolute Gasteiger partial charge is 0.324 e. The van der Waals surface area contributed by atoms with E-state index >= 15 is 0 Å². The van der Waals surface area contributed by atoms with Crippen LogP contribution in [0.4, 0.5) is 8.78 Å². The molecule has 0 aliphatic rings. The Morgan fingerprint density at radius 3 is 1.90 bits per heavy atom. The van der Waals surface area contributed by atoms with Crippen molar-refractivity contribution in [1.29, 1.82) is 0 Å². The van der Waals surface area contributed by atoms with Crippen LogP contribution in [0.25, 0.3) is 0 Å². The van der Waals surface area contributed by atoms with E-state index in [2.05, 4.69) is 13.8 Å². The highest BCUT2D eigenvalue weighted by atomic mass is 19.1. The molecule has 1 nitrogen and oxygen atoms in total. The molecule has 0 bridgehead atoms. The van der Waals surface area contributed by atoms with Crippen molar-refractivity contribution < 1.29 is 8.78 Å². The van der Waals surface area contributed by atoms with Crippen LogP contribution in [-0.4, -0.2) is 0 Å². The molecule has 0 aromatic heterocycles. The minimum Gasteiger partial charge on any atom is -0.324 e. The lowest BCUT2D eigenvalue weighted by Crippen LogP contribution is -2.15. The zero-order valence-corrected chi connectivity index (χ0v) is 11.7. The number of benzene rings is 2. The minimum absolute atomic E-state index is 0.0490. The molecule has 2 aromatic rings. The van der Waals surface area contributed by atoms with Gasteiger partial charge in [-0.1, -0.05) is 44.2 Å². The predicted molar refractivity (Wildman–Crippen MR) is 77.5 cm³/mol. The van der Waals surface area contributed by atoms with Crippen LogP contribution in [0.3, 0.4) is 0 Å². The van der Waals surface area contributed by atoms with E-state index in [1.54, 1.807) is 0 Å². The van der Waals surface area contributed by atoms with Crippen molar-refractivity contribution in [2.24, 2.45) is 5.73 Å². The number of rotatable bonds is 4. The number of halogens is 2. The fraction of sp³-hybridized carbons (Fsp3) is 0.294. The zero-order chi connectivity index (χ0) is 14.7. The lowest BCUT2D eigenvalue weighted by atomic mass is 9.96. The monoisotopic (exact) mass is 275 g/mol. The summed E-state index contributed by atoms with van der Waals surface area (Å²) < 4.78 is 27.2. The summed E-state index contributed by atoms with van der Waals surface area (Å²) in [6.45, 7) is 4.23. The molecule has 20 heavy (non-hydrogen) atoms. The van der Waals surface area contributed by atoms with Gasteiger partial charge in [-0.3, -0.25) is 0 Å². The second-order valence-electron chi connectivity index (χ2n) is 5.33. The van der Waals surface area contributed by atoms with Gasteiger partial charge in [-0.25, -0.2) is 8.78 Å². The van der Waals surface area contributed by atoms with Crippen LogP contribution in [0.1, 0.15) is 42.5 Å². The quantitative estimate of drug-likeness (QED) is 0.883. The maximum absolute atomic E-state index is 13.6. The Labute approximate surface area is 118 Å². The third kappa shape index (κ3) is 3.23. The van der Waals surface area contributed by atoms with Gasteiger partial charge in [-0.05, 0) is 35.6 Å². The Kier molecular flexibility index (Phi) is 4.50. The first-order valence-corrected chi connectivity index (χ1v) is 6.77. The number of hydrogen-bond donors (Lipinski definition) is 1. The molecule has 1 unspecified atom stereocenters. The van der Waals surface area contributed by atoms with E-state index < -0.39 is 17.7 Å². The Hall–Kier alpha value is -1.74. The lowest BCUT2D eigenvalue weighted by molar-refractivity contribution is 0.540. The molecule has 0 saturated carbocycles. The Balaban J connectivity index is 2.17. The summed E-state index contributed by atoms with van der Waals surface area (Å²) in [5.41, 5.74) is 8.21. The third-order valence-corrected chi connectivity index (χ3v) is 3.52. The fourth-order valence-electron chi connectivity index (χ4n) is 2.19. The van der Waals surface area contributed by atoms with Gasteiger partial charge in [0.1, 0.15) is 11.6 Å². The van der Waals surface area contributed by atoms with Crippen molar-refractivity contribution in [3.05, 3.63) is 70.8 Å². The molecular formula is C17H19F2N. The van der Waals surface area contributed by atoms with E-state index in [9.17, 15) is 8.78 Å². The van der Waals surface area contributed by atoms with Gasteiger partial charge in [0.05, 0.1) is 0 Å². The van der Waals surface area contributed by atoms with Gasteiger partial charge in [0.25, 0.3) is 0 Å². The second-order valence-corrected chi connectivity index (χ2v) is 5.33. The molecule has 2 rings (SSSR count). The fourth-order valence-corrected chi connectivity index (χ4v) is 2.19. The van der Waals surface area contributed by atoms with E-state index in [-0.39, 0.29) is 12.0 Å². The second kappa shape index (κ2) is 6.14. The van der Waals surface area contributed by atoms with Gasteiger partial charge in [0.15, 0.2) is 0 Å². The molecule has 0 spiro atoms. The van der Waals surface area contributed by atoms with Crippen LogP contribution in [0.2, 0.25) is 0 Å². The third-order valence-electron chi connectivity index (χ3n) is 3.52. The van der Waals surface area contributed by atoms with E-state index in [1.165, 1.54) is 23.8 Å². The van der Waals surface area contributed by atoms with Crippen LogP contribution in [-0.2, 0) is 6.42 Å². The molecule has 1 atom stereocenters. The number of nitrogens with two attached hydrogens (primary N) is 1. The smallest absolute Gasteiger partial charge is 0.129 e. The SMILES string of the molecule is CC(C)c1ccc(C(N)Cc2c(F)cccc2F)cc1. The molecule has 0 saturated heterocycles. The van der Waals surface area contributed by atoms with Crippen molar-refractivity contribution in [2.75, 3.05) is 0 Å². The van der Waals surface area contributed by atoms with E-state index in [4.69, 9.17) is 5.73 Å². The number of hydrogen-bond acceptors (Lipinski definition) is 1. The molecule has 0 radical (unpaired) electrons. The van der Waals surface area contributed by atoms with Crippen molar-refractivity contribution >= 4 is 0 Å². The van der Waals surface area contributed by atoms with E-state index in [1.807, 2.05) is 24.3 Å². The minimum atomic E-state index is -0.542. The van der Waals surface area contributed by atoms with Crippen molar-refractivity contribution in [2.45, 2.75) is 32.2 Å². The maximum Gasteiger partial charge on any atom is 0.129 e. The van der Waals surface area contributed by atoms with Gasteiger partial charge in [-0.2, -0.15) is 0 Å². The van der Waals surface area contributed by atoms with Crippen molar-refractivity contribution in [1.82, 2.24) is 0 Å². The van der Waals surface area contributed by atoms with Crippen molar-refractivity contribution in [3.63, 3.8) is 0 Å². The predicted octanol–water partition coefficient (Wildman–Crippen LogP) is 4.33. The molecule has 0 fully saturated rings. The summed E-state index contributed by atoms with van der Waals surface area (Å²) in [5.74, 6) is -0.636. The zero-order valence-electron chi connectivity index (χ0n) is 11.7. The highest BCUT2D eigenvalue weighted by Crippen LogP contribution is 2.22. The van der Waals surface area contributed by atoms with Crippen LogP contribution >= 0.6 is 0 Å². The molecule has 0 heterocycles. The topological polar surface area (TPSA) is 26.0 Å². The highest BCUT2D eigenvalue weighted by molar-refractivity contribution is 5.29. The summed E-state index contributed by atoms with van der Waals surface area (Å²) in [5, 5.41) is 0. The first-order chi connectivity index (χ1) is 9.49. The molecule has 0 aliphatic heterocycles. The lowest BCUT2D eigenvalue weighted by Gasteiger charge is -2.14. The Morgan fingerprint density at radius 1 is 0.900 bits per heavy atom. The highest BCUT2D eigenvalue weighted by Gasteiger charge is 2.14. The Morgan fingerprint density at radius 2 is 1.40 bits per heavy atom. The van der Waals surface area contributed by atoms with E-state index in [0.29, 0.717) is 5.92 Å². The van der Waals surface area contributed by atoms with Gasteiger partial charge in [0.2, 0.25) is 0 Å². The molecule has 2 aromatic carbocycles. The Bertz CT molecular complexity index is 556. The average Bonchev–Trinajstić information content (AvgIpc) is 2.43. The van der Waals surface area contributed by atoms with E-state index in [0.717, 1.165) is 5.56 Å². The van der Waals surface area contributed by atoms with Gasteiger partial charge in [-0.15, -0.1) is 0 Å². The summed E-state index contributed by atoms with van der Waals surface area (Å²) in [6.07, 6.45) is 0.152. The molecule has 2 N–H and O–H groups in total. The molecule has 106 valence electrons. The first-order valence-electron chi connectivity index (χ1n) is 6.77. The van der Waals surface area contributed by atoms with Crippen molar-refractivity contribution in [3.8, 4) is 0 Å². The summed E-state index contributed by atoms with van der Waals surface area (Å²) in [7, 11) is 0. The standard InChI is InChI=1S/C17H19F2N/c1-11(2)12-6-8-13(9-7-12)17(20)10-14-15(18)4-3-5-16(14)19/h3-9,11,17H,10,20H2,1-2H3. The summed E-state index contributed by atoms with van der Waals surface area (Å²) in [6, 6.07) is 11.3. The normalized spacial score (nSPS) is 12.7. The van der Waals surface area contributed by atoms with Crippen LogP contribution in [0.15, 0.2) is 42.5 Å². The average molecular weight is 275 g/mol. The maximum atomic E-state index is 13.6. The van der Waals surface area contributed by atoms with Gasteiger partial charge >= 0.3 is 0 Å². The molecular weight excluding hydrogens is 256 g/mol. The summed E-state index contributed by atoms with van der Waals surface area (Å²) >= 11 is 0. The first kappa shape index (κ1) is 14.7. The van der Waals surface area contributed by atoms with Crippen LogP contribution < -0.4 is 5.73 Å². The molecule has 0 aliphatic carbocycles. The van der Waals surface area contributed by atoms with Gasteiger partial charge < -0.3 is 5.73 Å². The molecule has 0 amide bonds. The molecule has 3 heteroatoms.